The molecular formula is C26H30Cl2N4O4. The fourth-order valence-electron chi connectivity index (χ4n) is 3.98. The zero-order valence-corrected chi connectivity index (χ0v) is 21.4. The fourth-order valence-corrected chi connectivity index (χ4v) is 4.38. The molecule has 36 heavy (non-hydrogen) atoms. The lowest BCUT2D eigenvalue weighted by Gasteiger charge is -2.29. The van der Waals surface area contributed by atoms with Gasteiger partial charge in [-0.1, -0.05) is 53.5 Å². The molecule has 1 aliphatic heterocycles. The number of aliphatic imine (C=N–C) groups is 1. The van der Waals surface area contributed by atoms with E-state index in [0.29, 0.717) is 29.6 Å². The van der Waals surface area contributed by atoms with Crippen LogP contribution < -0.4 is 11.1 Å². The van der Waals surface area contributed by atoms with Crippen LogP contribution in [0, 0.1) is 0 Å². The number of halogens is 2. The Bertz CT molecular complexity index is 1140. The Balaban J connectivity index is 1.55. The van der Waals surface area contributed by atoms with Gasteiger partial charge >= 0.3 is 0 Å². The van der Waals surface area contributed by atoms with Crippen LogP contribution in [0.5, 0.6) is 0 Å². The van der Waals surface area contributed by atoms with E-state index < -0.39 is 30.1 Å². The Kier molecular flexibility index (Phi) is 9.89. The maximum absolute atomic E-state index is 12.9. The van der Waals surface area contributed by atoms with Gasteiger partial charge in [0.05, 0.1) is 18.6 Å². The first-order valence-electron chi connectivity index (χ1n) is 11.6. The molecule has 0 spiro atoms. The maximum atomic E-state index is 12.9. The average Bonchev–Trinajstić information content (AvgIpc) is 3.36. The van der Waals surface area contributed by atoms with Crippen LogP contribution in [0.15, 0.2) is 65.3 Å². The van der Waals surface area contributed by atoms with Crippen LogP contribution in [0.1, 0.15) is 36.9 Å². The second-order valence-corrected chi connectivity index (χ2v) is 9.46. The number of amides is 2. The SMILES string of the molecule is C[C@@H](NC(=O)[C@H](O)[C@@H](O)C(=O)N1CCC[C@@H]1c1cccc(Cl)c1)C(N)=CC=NCc1ccccc1Cl. The minimum Gasteiger partial charge on any atom is -0.400 e. The Labute approximate surface area is 220 Å². The van der Waals surface area contributed by atoms with E-state index in [9.17, 15) is 19.8 Å². The highest BCUT2D eigenvalue weighted by Crippen LogP contribution is 2.33. The van der Waals surface area contributed by atoms with Crippen LogP contribution in [-0.4, -0.2) is 57.9 Å². The number of benzene rings is 2. The molecule has 1 heterocycles. The van der Waals surface area contributed by atoms with E-state index in [2.05, 4.69) is 10.3 Å². The number of nitrogens with one attached hydrogen (secondary N) is 1. The average molecular weight is 533 g/mol. The summed E-state index contributed by atoms with van der Waals surface area (Å²) in [5, 5.41) is 24.5. The third-order valence-corrected chi connectivity index (χ3v) is 6.64. The standard InChI is InChI=1S/C26H30Cl2N4O4/c1-16(21(29)11-12-30-15-18-6-2-3-9-20(18)28)31-25(35)23(33)24(34)26(36)32-13-5-10-22(32)17-7-4-8-19(27)14-17/h2-4,6-9,11-12,14,16,22-24,33-34H,5,10,13,15,29H2,1H3,(H,31,35)/t16-,22-,23-,24-/m1/s1. The quantitative estimate of drug-likeness (QED) is 0.369. The van der Waals surface area contributed by atoms with Crippen LogP contribution in [0.2, 0.25) is 10.0 Å². The van der Waals surface area contributed by atoms with E-state index in [1.165, 1.54) is 17.2 Å². The summed E-state index contributed by atoms with van der Waals surface area (Å²) in [6.45, 7) is 2.38. The highest BCUT2D eigenvalue weighted by molar-refractivity contribution is 6.31. The van der Waals surface area contributed by atoms with Crippen molar-refractivity contribution in [1.82, 2.24) is 10.2 Å². The maximum Gasteiger partial charge on any atom is 0.255 e. The van der Waals surface area contributed by atoms with Gasteiger partial charge in [-0.25, -0.2) is 0 Å². The van der Waals surface area contributed by atoms with Crippen LogP contribution in [0.4, 0.5) is 0 Å². The van der Waals surface area contributed by atoms with Crippen LogP contribution in [0.25, 0.3) is 0 Å². The number of carbonyl (C=O) groups excluding carboxylic acids is 2. The summed E-state index contributed by atoms with van der Waals surface area (Å²) in [7, 11) is 0. The van der Waals surface area contributed by atoms with E-state index in [-0.39, 0.29) is 11.7 Å². The smallest absolute Gasteiger partial charge is 0.255 e. The van der Waals surface area contributed by atoms with Crippen molar-refractivity contribution in [2.75, 3.05) is 6.54 Å². The number of allylic oxidation sites excluding steroid dienone is 1. The van der Waals surface area contributed by atoms with Gasteiger partial charge in [0.15, 0.2) is 12.2 Å². The number of hydrogen-bond donors (Lipinski definition) is 4. The Morgan fingerprint density at radius 2 is 1.94 bits per heavy atom. The first kappa shape index (κ1) is 27.7. The highest BCUT2D eigenvalue weighted by Gasteiger charge is 2.38. The van der Waals surface area contributed by atoms with Crippen LogP contribution >= 0.6 is 23.2 Å². The third-order valence-electron chi connectivity index (χ3n) is 6.04. The summed E-state index contributed by atoms with van der Waals surface area (Å²) < 4.78 is 0. The highest BCUT2D eigenvalue weighted by atomic mass is 35.5. The van der Waals surface area contributed by atoms with E-state index in [1.807, 2.05) is 24.3 Å². The second kappa shape index (κ2) is 12.9. The topological polar surface area (TPSA) is 128 Å². The van der Waals surface area contributed by atoms with Gasteiger partial charge in [0.1, 0.15) is 0 Å². The van der Waals surface area contributed by atoms with Gasteiger partial charge in [0.2, 0.25) is 0 Å². The predicted octanol–water partition coefficient (Wildman–Crippen LogP) is 3.00. The monoisotopic (exact) mass is 532 g/mol. The van der Waals surface area contributed by atoms with Crippen molar-refractivity contribution < 1.29 is 19.8 Å². The molecule has 0 aliphatic carbocycles. The molecule has 0 bridgehead atoms. The van der Waals surface area contributed by atoms with Crippen molar-refractivity contribution in [1.29, 1.82) is 0 Å². The molecule has 0 aromatic heterocycles. The first-order chi connectivity index (χ1) is 17.2. The van der Waals surface area contributed by atoms with Crippen molar-refractivity contribution in [3.05, 3.63) is 81.5 Å². The minimum absolute atomic E-state index is 0.278. The van der Waals surface area contributed by atoms with E-state index in [0.717, 1.165) is 17.5 Å². The zero-order valence-electron chi connectivity index (χ0n) is 19.8. The molecule has 192 valence electrons. The van der Waals surface area contributed by atoms with Gasteiger partial charge in [-0.05, 0) is 55.2 Å². The number of aliphatic hydroxyl groups is 2. The van der Waals surface area contributed by atoms with Crippen molar-refractivity contribution in [3.63, 3.8) is 0 Å². The number of likely N-dealkylation sites (tertiary alicyclic amines) is 1. The molecule has 1 saturated heterocycles. The Hall–Kier alpha value is -2.91. The molecule has 10 heteroatoms. The number of nitrogens with two attached hydrogens (primary N) is 1. The van der Waals surface area contributed by atoms with Gasteiger partial charge in [0, 0.05) is 28.5 Å². The molecule has 8 nitrogen and oxygen atoms in total. The third kappa shape index (κ3) is 7.07. The number of carbonyl (C=O) groups is 2. The Morgan fingerprint density at radius 1 is 1.19 bits per heavy atom. The summed E-state index contributed by atoms with van der Waals surface area (Å²) in [6.07, 6.45) is 0.572. The summed E-state index contributed by atoms with van der Waals surface area (Å²) >= 11 is 12.2. The first-order valence-corrected chi connectivity index (χ1v) is 12.4. The van der Waals surface area contributed by atoms with Gasteiger partial charge in [0.25, 0.3) is 11.8 Å². The number of aliphatic hydroxyl groups excluding tert-OH is 2. The molecule has 5 N–H and O–H groups in total. The molecule has 1 aliphatic rings. The summed E-state index contributed by atoms with van der Waals surface area (Å²) in [6, 6.07) is 13.5. The fraction of sp³-hybridized carbons (Fsp3) is 0.346. The largest absolute Gasteiger partial charge is 0.400 e. The molecule has 2 aromatic carbocycles. The molecule has 3 rings (SSSR count). The molecule has 4 atom stereocenters. The summed E-state index contributed by atoms with van der Waals surface area (Å²) in [4.78, 5) is 31.2. The molecular weight excluding hydrogens is 503 g/mol. The molecule has 0 unspecified atom stereocenters. The van der Waals surface area contributed by atoms with E-state index >= 15 is 0 Å². The van der Waals surface area contributed by atoms with Crippen molar-refractivity contribution >= 4 is 41.2 Å². The van der Waals surface area contributed by atoms with E-state index in [1.54, 1.807) is 31.2 Å². The summed E-state index contributed by atoms with van der Waals surface area (Å²) in [5.74, 6) is -1.63. The minimum atomic E-state index is -1.96. The van der Waals surface area contributed by atoms with Gasteiger partial charge in [-0.15, -0.1) is 0 Å². The van der Waals surface area contributed by atoms with Crippen LogP contribution in [-0.2, 0) is 16.1 Å². The van der Waals surface area contributed by atoms with E-state index in [4.69, 9.17) is 28.9 Å². The molecule has 2 amide bonds. The lowest BCUT2D eigenvalue weighted by atomic mass is 10.0. The number of nitrogens with zero attached hydrogens (tertiary/aromatic N) is 2. The Morgan fingerprint density at radius 3 is 2.67 bits per heavy atom. The molecule has 1 fully saturated rings. The summed E-state index contributed by atoms with van der Waals surface area (Å²) in [5.41, 5.74) is 7.98. The molecule has 0 radical (unpaired) electrons. The van der Waals surface area contributed by atoms with Gasteiger partial charge in [-0.3, -0.25) is 14.6 Å². The predicted molar refractivity (Wildman–Crippen MR) is 141 cm³/mol. The second-order valence-electron chi connectivity index (χ2n) is 8.61. The lowest BCUT2D eigenvalue weighted by Crippen LogP contribution is -2.52. The van der Waals surface area contributed by atoms with Crippen molar-refractivity contribution in [2.45, 2.75) is 50.6 Å². The number of rotatable bonds is 9. The lowest BCUT2D eigenvalue weighted by molar-refractivity contribution is -0.154. The normalized spacial score (nSPS) is 18.8. The molecule has 0 saturated carbocycles. The van der Waals surface area contributed by atoms with Crippen LogP contribution in [0.3, 0.4) is 0 Å². The van der Waals surface area contributed by atoms with Crippen molar-refractivity contribution in [2.24, 2.45) is 10.7 Å². The zero-order chi connectivity index (χ0) is 26.2. The van der Waals surface area contributed by atoms with Crippen molar-refractivity contribution in [3.8, 4) is 0 Å². The number of hydrogen-bond acceptors (Lipinski definition) is 6. The molecule has 2 aromatic rings. The van der Waals surface area contributed by atoms with Gasteiger partial charge in [-0.2, -0.15) is 0 Å². The van der Waals surface area contributed by atoms with Gasteiger partial charge < -0.3 is 26.2 Å².